The van der Waals surface area contributed by atoms with Gasteiger partial charge in [-0.25, -0.2) is 9.78 Å². The number of rotatable bonds is 7. The van der Waals surface area contributed by atoms with Gasteiger partial charge in [0.25, 0.3) is 5.56 Å². The Bertz CT molecular complexity index is 1270. The predicted octanol–water partition coefficient (Wildman–Crippen LogP) is 3.41. The fourth-order valence-corrected chi connectivity index (χ4v) is 3.58. The number of nitrogens with zero attached hydrogens (tertiary/aromatic N) is 3. The molecule has 0 aliphatic carbocycles. The Morgan fingerprint density at radius 1 is 1.00 bits per heavy atom. The highest BCUT2D eigenvalue weighted by molar-refractivity contribution is 5.77. The van der Waals surface area contributed by atoms with E-state index in [4.69, 9.17) is 9.72 Å². The Morgan fingerprint density at radius 2 is 1.73 bits per heavy atom. The number of hydrogen-bond acceptors (Lipinski definition) is 4. The van der Waals surface area contributed by atoms with Gasteiger partial charge >= 0.3 is 5.69 Å². The predicted molar refractivity (Wildman–Crippen MR) is 117 cm³/mol. The number of methoxy groups -OCH3 is 1. The van der Waals surface area contributed by atoms with Gasteiger partial charge in [0.2, 0.25) is 0 Å². The number of imidazole rings is 1. The maximum atomic E-state index is 12.8. The molecule has 154 valence electrons. The monoisotopic (exact) mass is 404 g/mol. The van der Waals surface area contributed by atoms with Crippen molar-refractivity contribution in [1.82, 2.24) is 19.1 Å². The molecule has 1 N–H and O–H groups in total. The summed E-state index contributed by atoms with van der Waals surface area (Å²) in [5, 5.41) is 0. The molecule has 2 heterocycles. The van der Waals surface area contributed by atoms with E-state index in [2.05, 4.69) is 11.9 Å². The third-order valence-electron chi connectivity index (χ3n) is 5.15. The van der Waals surface area contributed by atoms with Crippen molar-refractivity contribution in [3.8, 4) is 17.1 Å². The summed E-state index contributed by atoms with van der Waals surface area (Å²) in [6, 6.07) is 17.2. The molecule has 0 radical (unpaired) electrons. The second kappa shape index (κ2) is 8.41. The third-order valence-corrected chi connectivity index (χ3v) is 5.15. The summed E-state index contributed by atoms with van der Waals surface area (Å²) in [5.41, 5.74) is 1.77. The van der Waals surface area contributed by atoms with E-state index < -0.39 is 11.2 Å². The summed E-state index contributed by atoms with van der Waals surface area (Å²) in [7, 11) is 1.62. The first-order valence-electron chi connectivity index (χ1n) is 10.0. The highest BCUT2D eigenvalue weighted by atomic mass is 16.5. The van der Waals surface area contributed by atoms with Gasteiger partial charge in [0, 0.05) is 12.1 Å². The Labute approximate surface area is 173 Å². The lowest BCUT2D eigenvalue weighted by Gasteiger charge is -2.09. The van der Waals surface area contributed by atoms with E-state index in [1.165, 1.54) is 4.57 Å². The molecular weight excluding hydrogens is 380 g/mol. The molecule has 0 unspecified atom stereocenters. The van der Waals surface area contributed by atoms with Crippen molar-refractivity contribution in [1.29, 1.82) is 0 Å². The van der Waals surface area contributed by atoms with Crippen LogP contribution >= 0.6 is 0 Å². The Balaban J connectivity index is 1.95. The average Bonchev–Trinajstić information content (AvgIpc) is 3.15. The van der Waals surface area contributed by atoms with E-state index in [0.717, 1.165) is 29.7 Å². The summed E-state index contributed by atoms with van der Waals surface area (Å²) >= 11 is 0. The molecule has 7 heteroatoms. The molecule has 4 aromatic rings. The first kappa shape index (κ1) is 19.7. The lowest BCUT2D eigenvalue weighted by Crippen LogP contribution is -2.31. The number of aryl methyl sites for hydroxylation is 1. The van der Waals surface area contributed by atoms with Gasteiger partial charge in [-0.15, -0.1) is 0 Å². The minimum absolute atomic E-state index is 0.333. The second-order valence-electron chi connectivity index (χ2n) is 7.17. The maximum absolute atomic E-state index is 12.8. The third kappa shape index (κ3) is 3.66. The summed E-state index contributed by atoms with van der Waals surface area (Å²) in [5.74, 6) is 1.41. The number of ether oxygens (including phenoxy) is 1. The normalized spacial score (nSPS) is 11.1. The van der Waals surface area contributed by atoms with Crippen LogP contribution in [0, 0.1) is 0 Å². The van der Waals surface area contributed by atoms with Crippen molar-refractivity contribution >= 4 is 11.2 Å². The number of hydrogen-bond donors (Lipinski definition) is 1. The number of benzene rings is 2. The van der Waals surface area contributed by atoms with Crippen LogP contribution in [0.4, 0.5) is 0 Å². The van der Waals surface area contributed by atoms with Gasteiger partial charge in [-0.2, -0.15) is 0 Å². The molecule has 0 amide bonds. The van der Waals surface area contributed by atoms with Gasteiger partial charge in [-0.1, -0.05) is 43.7 Å². The molecule has 7 nitrogen and oxygen atoms in total. The number of fused-ring (bicyclic) bond motifs is 1. The fourth-order valence-electron chi connectivity index (χ4n) is 3.58. The van der Waals surface area contributed by atoms with E-state index in [1.807, 2.05) is 59.2 Å². The molecule has 0 saturated carbocycles. The smallest absolute Gasteiger partial charge is 0.330 e. The van der Waals surface area contributed by atoms with Crippen molar-refractivity contribution in [2.24, 2.45) is 0 Å². The van der Waals surface area contributed by atoms with Gasteiger partial charge in [0.15, 0.2) is 11.2 Å². The Kier molecular flexibility index (Phi) is 5.52. The van der Waals surface area contributed by atoms with Crippen molar-refractivity contribution in [3.05, 3.63) is 81.0 Å². The summed E-state index contributed by atoms with van der Waals surface area (Å²) < 4.78 is 8.70. The number of unbranched alkanes of at least 4 members (excludes halogenated alkanes) is 1. The number of H-pyrrole nitrogens is 1. The highest BCUT2D eigenvalue weighted by Gasteiger charge is 2.19. The maximum Gasteiger partial charge on any atom is 0.330 e. The minimum Gasteiger partial charge on any atom is -0.497 e. The molecular formula is C23H24N4O3. The van der Waals surface area contributed by atoms with Crippen LogP contribution < -0.4 is 16.0 Å². The standard InChI is InChI=1S/C23H24N4O3/c1-3-4-14-26-19-21(24-20(26)17-10-12-18(30-2)13-11-17)27(23(29)25-22(19)28)15-16-8-6-5-7-9-16/h5-13H,3-4,14-15H2,1-2H3,(H,25,28,29). The molecule has 0 atom stereocenters. The molecule has 30 heavy (non-hydrogen) atoms. The van der Waals surface area contributed by atoms with Crippen LogP contribution in [0.2, 0.25) is 0 Å². The quantitative estimate of drug-likeness (QED) is 0.512. The van der Waals surface area contributed by atoms with Gasteiger partial charge < -0.3 is 9.30 Å². The zero-order valence-electron chi connectivity index (χ0n) is 17.1. The van der Waals surface area contributed by atoms with E-state index >= 15 is 0 Å². The molecule has 0 bridgehead atoms. The molecule has 2 aromatic carbocycles. The Morgan fingerprint density at radius 3 is 2.40 bits per heavy atom. The van der Waals surface area contributed by atoms with E-state index in [-0.39, 0.29) is 0 Å². The van der Waals surface area contributed by atoms with Gasteiger partial charge in [0.05, 0.1) is 13.7 Å². The van der Waals surface area contributed by atoms with Crippen LogP contribution in [-0.4, -0.2) is 26.2 Å². The van der Waals surface area contributed by atoms with Gasteiger partial charge in [-0.05, 0) is 36.2 Å². The van der Waals surface area contributed by atoms with Crippen LogP contribution in [0.3, 0.4) is 0 Å². The molecule has 0 spiro atoms. The SMILES string of the molecule is CCCCn1c(-c2ccc(OC)cc2)nc2c1c(=O)[nH]c(=O)n2Cc1ccccc1. The lowest BCUT2D eigenvalue weighted by molar-refractivity contribution is 0.415. The summed E-state index contributed by atoms with van der Waals surface area (Å²) in [6.07, 6.45) is 1.87. The zero-order valence-corrected chi connectivity index (χ0v) is 17.1. The molecule has 0 aliphatic heterocycles. The topological polar surface area (TPSA) is 81.9 Å². The average molecular weight is 404 g/mol. The first-order valence-corrected chi connectivity index (χ1v) is 10.0. The number of aromatic nitrogens is 4. The van der Waals surface area contributed by atoms with Crippen molar-refractivity contribution < 1.29 is 4.74 Å². The largest absolute Gasteiger partial charge is 0.497 e. The molecule has 4 rings (SSSR count). The van der Waals surface area contributed by atoms with Gasteiger partial charge in [-0.3, -0.25) is 14.3 Å². The molecule has 0 saturated heterocycles. The van der Waals surface area contributed by atoms with Crippen LogP contribution in [0.5, 0.6) is 5.75 Å². The molecule has 0 aliphatic rings. The minimum atomic E-state index is -0.460. The van der Waals surface area contributed by atoms with Crippen LogP contribution in [0.25, 0.3) is 22.6 Å². The molecule has 2 aromatic heterocycles. The summed E-state index contributed by atoms with van der Waals surface area (Å²) in [4.78, 5) is 32.7. The van der Waals surface area contributed by atoms with E-state index in [1.54, 1.807) is 7.11 Å². The number of aromatic amines is 1. The van der Waals surface area contributed by atoms with Crippen LogP contribution in [0.1, 0.15) is 25.3 Å². The van der Waals surface area contributed by atoms with Crippen molar-refractivity contribution in [2.45, 2.75) is 32.9 Å². The lowest BCUT2D eigenvalue weighted by atomic mass is 10.2. The van der Waals surface area contributed by atoms with Crippen LogP contribution in [0.15, 0.2) is 64.2 Å². The summed E-state index contributed by atoms with van der Waals surface area (Å²) in [6.45, 7) is 3.07. The van der Waals surface area contributed by atoms with Crippen LogP contribution in [-0.2, 0) is 13.1 Å². The zero-order chi connectivity index (χ0) is 21.1. The van der Waals surface area contributed by atoms with Gasteiger partial charge in [0.1, 0.15) is 11.6 Å². The van der Waals surface area contributed by atoms with E-state index in [9.17, 15) is 9.59 Å². The first-order chi connectivity index (χ1) is 14.6. The van der Waals surface area contributed by atoms with Crippen molar-refractivity contribution in [2.75, 3.05) is 7.11 Å². The second-order valence-corrected chi connectivity index (χ2v) is 7.17. The highest BCUT2D eigenvalue weighted by Crippen LogP contribution is 2.25. The molecule has 0 fully saturated rings. The number of nitrogens with one attached hydrogen (secondary N) is 1. The van der Waals surface area contributed by atoms with Crippen molar-refractivity contribution in [3.63, 3.8) is 0 Å². The Hall–Kier alpha value is -3.61. The van der Waals surface area contributed by atoms with E-state index in [0.29, 0.717) is 30.1 Å². The fraction of sp³-hybridized carbons (Fsp3) is 0.261.